The van der Waals surface area contributed by atoms with Crippen LogP contribution in [-0.2, 0) is 90.6 Å². The molecule has 1 saturated heterocycles. The van der Waals surface area contributed by atoms with Gasteiger partial charge in [-0.05, 0) is 43.2 Å². The summed E-state index contributed by atoms with van der Waals surface area (Å²) in [4.78, 5) is 108. The number of phenolic OH excluding ortho intramolecular Hbond substituents is 2. The molecule has 40 nitrogen and oxygen atoms in total. The molecule has 0 radical (unpaired) electrons. The minimum Gasteiger partial charge on any atom is -0.507 e. The van der Waals surface area contributed by atoms with Crippen LogP contribution in [0, 0.1) is 34.5 Å². The lowest BCUT2D eigenvalue weighted by atomic mass is 9.76. The summed E-state index contributed by atoms with van der Waals surface area (Å²) < 4.78 is 163. The number of nitrogens with zero attached hydrogens (tertiary/aromatic N) is 4. The third-order valence-electron chi connectivity index (χ3n) is 15.8. The fraction of sp³-hybridized carbons (Fsp3) is 0.323. The normalized spacial score (nSPS) is 17.8. The number of ether oxygens (including phenoxy) is 8. The molecule has 14 N–H and O–H groups in total. The molecule has 1 fully saturated rings. The van der Waals surface area contributed by atoms with E-state index in [0.717, 1.165) is 54.8 Å². The first-order valence-electron chi connectivity index (χ1n) is 31.6. The SMILES string of the molecule is N#C/C=C/OC1CC(n2cc(C#CCNC(=O)OCCO/C=C(\C#N)CCOCCOCCNC(=O)CCCCCNC(=O)c3cc(Cl)c4c(c3Cl)C3(OC4=O)c4cc(Cl)c(O)cc4Oc4cc(O)c(-c5ccc(S(=O)(=O)O)cc5S(=O)(=O)O)cc43)c3c(=O)[nH]c(N)nc32)O[C@@H]1COP(=O)(O)OP(=O)(O)OP(=O)(O)O. The number of nitrogen functional groups attached to an aromatic ring is 1. The highest BCUT2D eigenvalue weighted by molar-refractivity contribution is 7.86. The van der Waals surface area contributed by atoms with Crippen LogP contribution in [0.25, 0.3) is 22.2 Å². The number of fused-ring (bicyclic) bond motifs is 7. The number of nitriles is 2. The van der Waals surface area contributed by atoms with Crippen molar-refractivity contribution in [3.63, 3.8) is 0 Å². The molecular formula is C62H61Cl3N9O31P3S2. The lowest BCUT2D eigenvalue weighted by Gasteiger charge is -2.37. The molecule has 48 heteroatoms. The number of carbonyl (C=O) groups excluding carboxylic acids is 4. The van der Waals surface area contributed by atoms with Gasteiger partial charge in [-0.3, -0.25) is 33.0 Å². The second-order valence-electron chi connectivity index (χ2n) is 23.2. The Morgan fingerprint density at radius 2 is 1.54 bits per heavy atom. The summed E-state index contributed by atoms with van der Waals surface area (Å²) >= 11 is 20.3. The molecule has 1 spiro atoms. The van der Waals surface area contributed by atoms with Crippen LogP contribution in [-0.4, -0.2) is 172 Å². The van der Waals surface area contributed by atoms with Gasteiger partial charge in [-0.2, -0.15) is 41.0 Å². The van der Waals surface area contributed by atoms with Crippen LogP contribution in [0.15, 0.2) is 93.5 Å². The van der Waals surface area contributed by atoms with Crippen molar-refractivity contribution in [3.05, 3.63) is 138 Å². The highest BCUT2D eigenvalue weighted by Gasteiger charge is 2.57. The van der Waals surface area contributed by atoms with Gasteiger partial charge in [0, 0.05) is 78.5 Å². The number of H-pyrrole nitrogens is 1. The number of nitrogens with two attached hydrogens (primary N) is 1. The lowest BCUT2D eigenvalue weighted by Crippen LogP contribution is -2.34. The quantitative estimate of drug-likeness (QED) is 0.00390. The van der Waals surface area contributed by atoms with Crippen LogP contribution in [0.3, 0.4) is 0 Å². The Labute approximate surface area is 636 Å². The number of unbranched alkanes of at least 4 members (excludes halogenated alkanes) is 2. The molecule has 3 aliphatic rings. The number of nitrogens with one attached hydrogen (secondary N) is 4. The number of aromatic hydroxyl groups is 2. The third kappa shape index (κ3) is 21.1. The maximum atomic E-state index is 14.0. The zero-order valence-electron chi connectivity index (χ0n) is 56.1. The predicted octanol–water partition coefficient (Wildman–Crippen LogP) is 6.49. The number of allylic oxidation sites excluding steroid dienone is 1. The van der Waals surface area contributed by atoms with Gasteiger partial charge in [0.1, 0.15) is 59.5 Å². The number of carbonyl (C=O) groups is 4. The Hall–Kier alpha value is -9.22. The van der Waals surface area contributed by atoms with Gasteiger partial charge in [-0.15, -0.1) is 0 Å². The van der Waals surface area contributed by atoms with Crippen molar-refractivity contribution in [2.75, 3.05) is 71.6 Å². The Kier molecular flexibility index (Phi) is 27.6. The van der Waals surface area contributed by atoms with E-state index in [0.29, 0.717) is 25.3 Å². The molecule has 6 aromatic rings. The van der Waals surface area contributed by atoms with Crippen LogP contribution in [0.1, 0.15) is 87.7 Å². The molecule has 0 bridgehead atoms. The van der Waals surface area contributed by atoms with Gasteiger partial charge in [-0.1, -0.05) is 59.1 Å². The van der Waals surface area contributed by atoms with E-state index in [9.17, 15) is 88.9 Å². The zero-order chi connectivity index (χ0) is 80.3. The van der Waals surface area contributed by atoms with E-state index in [-0.39, 0.29) is 167 Å². The number of rotatable bonds is 34. The topological polar surface area (TPSA) is 612 Å². The summed E-state index contributed by atoms with van der Waals surface area (Å²) in [7, 11) is -27.5. The molecule has 5 unspecified atom stereocenters. The van der Waals surface area contributed by atoms with Crippen LogP contribution >= 0.6 is 58.3 Å². The number of amides is 3. The average Bonchev–Trinajstić information content (AvgIpc) is 1.46. The summed E-state index contributed by atoms with van der Waals surface area (Å²) in [6.45, 7) is -0.891. The molecule has 3 amide bonds. The maximum Gasteiger partial charge on any atom is 0.490 e. The number of phenols is 2. The second kappa shape index (κ2) is 35.9. The van der Waals surface area contributed by atoms with E-state index < -0.39 is 130 Å². The molecule has 0 aliphatic carbocycles. The number of aromatic amines is 1. The molecule has 3 aliphatic heterocycles. The van der Waals surface area contributed by atoms with Crippen molar-refractivity contribution in [2.45, 2.75) is 72.4 Å². The van der Waals surface area contributed by atoms with Gasteiger partial charge in [-0.25, -0.2) is 23.3 Å². The van der Waals surface area contributed by atoms with Gasteiger partial charge in [0.2, 0.25) is 11.9 Å². The highest BCUT2D eigenvalue weighted by atomic mass is 35.5. The number of hydrogen-bond acceptors (Lipinski definition) is 29. The molecule has 588 valence electrons. The smallest absolute Gasteiger partial charge is 0.490 e. The van der Waals surface area contributed by atoms with Crippen LogP contribution in [0.4, 0.5) is 10.7 Å². The predicted molar refractivity (Wildman–Crippen MR) is 377 cm³/mol. The highest BCUT2D eigenvalue weighted by Crippen LogP contribution is 2.67. The number of phosphoric acid groups is 3. The van der Waals surface area contributed by atoms with Crippen LogP contribution < -0.4 is 32.0 Å². The van der Waals surface area contributed by atoms with E-state index in [1.165, 1.54) is 17.0 Å². The van der Waals surface area contributed by atoms with Crippen molar-refractivity contribution >= 4 is 119 Å². The number of anilines is 1. The first-order chi connectivity index (χ1) is 51.8. The monoisotopic (exact) mass is 1690 g/mol. The van der Waals surface area contributed by atoms with E-state index in [4.69, 9.17) is 98.0 Å². The Morgan fingerprint density at radius 1 is 0.818 bits per heavy atom. The number of esters is 1. The first kappa shape index (κ1) is 84.8. The van der Waals surface area contributed by atoms with E-state index >= 15 is 0 Å². The summed E-state index contributed by atoms with van der Waals surface area (Å²) in [5.74, 6) is 1.18. The molecule has 2 aromatic heterocycles. The second-order valence-corrected chi connectivity index (χ2v) is 31.6. The molecular weight excluding hydrogens is 1630 g/mol. The minimum absolute atomic E-state index is 0.0464. The Morgan fingerprint density at radius 3 is 2.24 bits per heavy atom. The molecule has 9 rings (SSSR count). The molecule has 0 saturated carbocycles. The van der Waals surface area contributed by atoms with Crippen molar-refractivity contribution in [1.29, 1.82) is 10.5 Å². The maximum absolute atomic E-state index is 14.0. The Bertz CT molecular complexity index is 5310. The van der Waals surface area contributed by atoms with Crippen molar-refractivity contribution in [3.8, 4) is 58.1 Å². The van der Waals surface area contributed by atoms with Crippen molar-refractivity contribution < 1.29 is 140 Å². The number of halogens is 3. The third-order valence-corrected chi connectivity index (χ3v) is 22.3. The van der Waals surface area contributed by atoms with E-state index in [2.05, 4.69) is 46.4 Å². The number of phosphoric ester groups is 1. The van der Waals surface area contributed by atoms with Crippen LogP contribution in [0.2, 0.25) is 15.1 Å². The summed E-state index contributed by atoms with van der Waals surface area (Å²) in [5, 5.41) is 47.3. The number of benzene rings is 4. The summed E-state index contributed by atoms with van der Waals surface area (Å²) in [5.41, 5.74) is 0.833. The van der Waals surface area contributed by atoms with Crippen molar-refractivity contribution in [2.24, 2.45) is 0 Å². The van der Waals surface area contributed by atoms with Crippen molar-refractivity contribution in [1.82, 2.24) is 30.5 Å². The average molecular weight is 1690 g/mol. The minimum atomic E-state index is -5.86. The molecule has 5 heterocycles. The zero-order valence-corrected chi connectivity index (χ0v) is 62.7. The van der Waals surface area contributed by atoms with Gasteiger partial charge < -0.3 is 93.9 Å². The summed E-state index contributed by atoms with van der Waals surface area (Å²) in [6.07, 6.45) is 1.27. The molecule has 4 aromatic carbocycles. The summed E-state index contributed by atoms with van der Waals surface area (Å²) in [6, 6.07) is 11.1. The van der Waals surface area contributed by atoms with E-state index in [1.807, 2.05) is 6.07 Å². The van der Waals surface area contributed by atoms with Crippen LogP contribution in [0.5, 0.6) is 23.0 Å². The Balaban J connectivity index is 0.667. The largest absolute Gasteiger partial charge is 0.507 e. The fourth-order valence-electron chi connectivity index (χ4n) is 11.2. The van der Waals surface area contributed by atoms with Gasteiger partial charge in [0.05, 0.1) is 118 Å². The number of alkyl carbamates (subject to hydrolysis) is 1. The first-order valence-corrected chi connectivity index (χ1v) is 40.2. The van der Waals surface area contributed by atoms with Gasteiger partial charge in [0.25, 0.3) is 31.7 Å². The van der Waals surface area contributed by atoms with Gasteiger partial charge >= 0.3 is 35.5 Å². The lowest BCUT2D eigenvalue weighted by molar-refractivity contribution is -0.121. The van der Waals surface area contributed by atoms with Gasteiger partial charge in [0.15, 0.2) is 11.2 Å². The molecule has 6 atom stereocenters. The standard InChI is InChI=1S/C62H61Cl3N9O31P3S2/c63-41-25-40-46(27-44(41)76)101-45-26-43(75)37(36-9-8-35(109(89,90)91)22-49(36)110(92,93)94)23-39(45)62(40)54-53(59(80)103-62)42(64)24-38(55(54)65)57(78)70-12-3-1-2-7-50(77)69-14-17-96-19-18-95-16-10-33(29-67)31-97-20-21-99-61(81)71-13-4-6-34-30-74(56-52(34)58(79)73-60(68)72-56)51-28-47(98-15-5-11-66)48(102-51)32-100-107(85,86)105-108(87,88)104-106(82,83)84/h5,8-9,15,22-27,30-31,47-48,51,75-76H,1-3,7,10,12-14,16-21,28,32H2,(H,69,77)(H,70,78)(H,71,81)(H,85,86)(H,87,88)(H2,82,83,84)(H,89,90,91)(H,92,93,94)(H3,68,72,73,79)/b15-5+,33-31-/t47?,48-,51?,62?/m1/s1. The number of aromatic nitrogens is 3. The molecule has 110 heavy (non-hydrogen) atoms. The number of hydrogen-bond donors (Lipinski definition) is 13. The van der Waals surface area contributed by atoms with E-state index in [1.54, 1.807) is 6.07 Å². The fourth-order valence-corrected chi connectivity index (χ4v) is 16.3.